The van der Waals surface area contributed by atoms with Crippen LogP contribution in [0.15, 0.2) is 18.2 Å². The van der Waals surface area contributed by atoms with E-state index in [1.807, 2.05) is 0 Å². The molecule has 0 saturated heterocycles. The average molecular weight is 261 g/mol. The van der Waals surface area contributed by atoms with E-state index >= 15 is 0 Å². The van der Waals surface area contributed by atoms with E-state index in [-0.39, 0.29) is 0 Å². The molecule has 0 heterocycles. The summed E-state index contributed by atoms with van der Waals surface area (Å²) >= 11 is 0. The van der Waals surface area contributed by atoms with Crippen molar-refractivity contribution in [3.05, 3.63) is 29.3 Å². The van der Waals surface area contributed by atoms with Crippen LogP contribution in [-0.2, 0) is 0 Å². The summed E-state index contributed by atoms with van der Waals surface area (Å²) in [6.45, 7) is 8.29. The lowest BCUT2D eigenvalue weighted by molar-refractivity contribution is 0.265. The summed E-state index contributed by atoms with van der Waals surface area (Å²) in [5, 5.41) is 3.63. The second-order valence-corrected chi connectivity index (χ2v) is 6.04. The number of ether oxygens (including phenoxy) is 1. The maximum Gasteiger partial charge on any atom is 0.122 e. The van der Waals surface area contributed by atoms with E-state index in [0.29, 0.717) is 6.04 Å². The number of hydrogen-bond acceptors (Lipinski definition) is 2. The third-order valence-electron chi connectivity index (χ3n) is 4.06. The van der Waals surface area contributed by atoms with Crippen LogP contribution in [0, 0.1) is 19.8 Å². The smallest absolute Gasteiger partial charge is 0.122 e. The number of nitrogens with one attached hydrogen (secondary N) is 1. The molecule has 1 aromatic rings. The predicted octanol–water partition coefficient (Wildman–Crippen LogP) is 3.85. The van der Waals surface area contributed by atoms with Gasteiger partial charge in [0.2, 0.25) is 0 Å². The molecule has 1 aromatic carbocycles. The fourth-order valence-corrected chi connectivity index (χ4v) is 3.00. The lowest BCUT2D eigenvalue weighted by atomic mass is 9.87. The molecule has 0 aliphatic heterocycles. The molecule has 1 aliphatic rings. The van der Waals surface area contributed by atoms with Gasteiger partial charge in [0.05, 0.1) is 0 Å². The van der Waals surface area contributed by atoms with Crippen molar-refractivity contribution in [1.82, 2.24) is 5.32 Å². The van der Waals surface area contributed by atoms with Crippen LogP contribution >= 0.6 is 0 Å². The number of aryl methyl sites for hydroxylation is 2. The Hall–Kier alpha value is -1.02. The van der Waals surface area contributed by atoms with Crippen LogP contribution in [0.3, 0.4) is 0 Å². The Balaban J connectivity index is 1.69. The lowest BCUT2D eigenvalue weighted by Crippen LogP contribution is -2.36. The molecule has 0 bridgehead atoms. The maximum atomic E-state index is 5.85. The molecule has 1 fully saturated rings. The van der Waals surface area contributed by atoms with Crippen molar-refractivity contribution in [1.29, 1.82) is 0 Å². The van der Waals surface area contributed by atoms with Gasteiger partial charge in [0.25, 0.3) is 0 Å². The number of hydrogen-bond donors (Lipinski definition) is 1. The van der Waals surface area contributed by atoms with Gasteiger partial charge < -0.3 is 10.1 Å². The molecule has 2 rings (SSSR count). The summed E-state index contributed by atoms with van der Waals surface area (Å²) in [4.78, 5) is 0. The van der Waals surface area contributed by atoms with Gasteiger partial charge in [0, 0.05) is 12.6 Å². The molecule has 2 heteroatoms. The van der Waals surface area contributed by atoms with Gasteiger partial charge in [-0.25, -0.2) is 0 Å². The average Bonchev–Trinajstić information content (AvgIpc) is 2.37. The first-order valence-corrected chi connectivity index (χ1v) is 7.58. The van der Waals surface area contributed by atoms with Gasteiger partial charge in [0.15, 0.2) is 0 Å². The largest absolute Gasteiger partial charge is 0.492 e. The van der Waals surface area contributed by atoms with E-state index in [9.17, 15) is 0 Å². The zero-order chi connectivity index (χ0) is 13.7. The molecule has 2 atom stereocenters. The molecule has 19 heavy (non-hydrogen) atoms. The third kappa shape index (κ3) is 4.54. The minimum absolute atomic E-state index is 0.700. The molecule has 0 spiro atoms. The Morgan fingerprint density at radius 3 is 2.84 bits per heavy atom. The molecule has 0 amide bonds. The monoisotopic (exact) mass is 261 g/mol. The summed E-state index contributed by atoms with van der Waals surface area (Å²) in [5.41, 5.74) is 2.52. The van der Waals surface area contributed by atoms with Crippen molar-refractivity contribution < 1.29 is 4.74 Å². The molecule has 0 aromatic heterocycles. The van der Waals surface area contributed by atoms with E-state index in [1.165, 1.54) is 36.8 Å². The Morgan fingerprint density at radius 1 is 1.26 bits per heavy atom. The van der Waals surface area contributed by atoms with Crippen molar-refractivity contribution in [2.75, 3.05) is 13.2 Å². The van der Waals surface area contributed by atoms with E-state index < -0.39 is 0 Å². The molecule has 106 valence electrons. The van der Waals surface area contributed by atoms with Crippen molar-refractivity contribution >= 4 is 0 Å². The summed E-state index contributed by atoms with van der Waals surface area (Å²) in [6, 6.07) is 7.06. The molecule has 2 unspecified atom stereocenters. The van der Waals surface area contributed by atoms with E-state index in [4.69, 9.17) is 4.74 Å². The first-order chi connectivity index (χ1) is 9.15. The van der Waals surface area contributed by atoms with Crippen LogP contribution in [0.25, 0.3) is 0 Å². The first kappa shape index (κ1) is 14.4. The quantitative estimate of drug-likeness (QED) is 0.813. The summed E-state index contributed by atoms with van der Waals surface area (Å²) in [5.74, 6) is 1.90. The van der Waals surface area contributed by atoms with Gasteiger partial charge >= 0.3 is 0 Å². The lowest BCUT2D eigenvalue weighted by Gasteiger charge is -2.27. The van der Waals surface area contributed by atoms with Gasteiger partial charge in [-0.1, -0.05) is 37.5 Å². The Morgan fingerprint density at radius 2 is 2.11 bits per heavy atom. The molecule has 1 N–H and O–H groups in total. The summed E-state index contributed by atoms with van der Waals surface area (Å²) < 4.78 is 5.85. The second-order valence-electron chi connectivity index (χ2n) is 6.04. The van der Waals surface area contributed by atoms with Gasteiger partial charge in [-0.05, 0) is 44.2 Å². The van der Waals surface area contributed by atoms with Crippen molar-refractivity contribution in [2.45, 2.75) is 52.5 Å². The van der Waals surface area contributed by atoms with E-state index in [1.54, 1.807) is 0 Å². The fraction of sp³-hybridized carbons (Fsp3) is 0.647. The van der Waals surface area contributed by atoms with Crippen molar-refractivity contribution in [2.24, 2.45) is 5.92 Å². The van der Waals surface area contributed by atoms with Crippen LogP contribution in [0.1, 0.15) is 43.7 Å². The zero-order valence-corrected chi connectivity index (χ0v) is 12.5. The van der Waals surface area contributed by atoms with Crippen molar-refractivity contribution in [3.8, 4) is 5.75 Å². The topological polar surface area (TPSA) is 21.3 Å². The molecule has 0 radical (unpaired) electrons. The number of rotatable bonds is 5. The van der Waals surface area contributed by atoms with Crippen molar-refractivity contribution in [3.63, 3.8) is 0 Å². The van der Waals surface area contributed by atoms with Crippen LogP contribution in [0.2, 0.25) is 0 Å². The summed E-state index contributed by atoms with van der Waals surface area (Å²) in [7, 11) is 0. The Labute approximate surface area is 117 Å². The SMILES string of the molecule is Cc1ccc(OCCNC2CCCC(C)C2)c(C)c1. The highest BCUT2D eigenvalue weighted by Crippen LogP contribution is 2.23. The molecular weight excluding hydrogens is 234 g/mol. The standard InChI is InChI=1S/C17H27NO/c1-13-5-4-6-16(12-13)18-9-10-19-17-8-7-14(2)11-15(17)3/h7-8,11,13,16,18H,4-6,9-10,12H2,1-3H3. The minimum Gasteiger partial charge on any atom is -0.492 e. The molecule has 1 saturated carbocycles. The normalized spacial score (nSPS) is 23.3. The highest BCUT2D eigenvalue weighted by atomic mass is 16.5. The van der Waals surface area contributed by atoms with Crippen LogP contribution in [0.4, 0.5) is 0 Å². The first-order valence-electron chi connectivity index (χ1n) is 7.58. The van der Waals surface area contributed by atoms with Crippen LogP contribution in [-0.4, -0.2) is 19.2 Å². The van der Waals surface area contributed by atoms with Crippen LogP contribution < -0.4 is 10.1 Å². The number of benzene rings is 1. The van der Waals surface area contributed by atoms with Gasteiger partial charge in [0.1, 0.15) is 12.4 Å². The Bertz CT molecular complexity index is 402. The Kier molecular flexibility index (Phi) is 5.26. The summed E-state index contributed by atoms with van der Waals surface area (Å²) in [6.07, 6.45) is 5.42. The highest BCUT2D eigenvalue weighted by molar-refractivity contribution is 5.35. The predicted molar refractivity (Wildman–Crippen MR) is 80.8 cm³/mol. The van der Waals surface area contributed by atoms with E-state index in [2.05, 4.69) is 44.3 Å². The zero-order valence-electron chi connectivity index (χ0n) is 12.5. The molecule has 1 aliphatic carbocycles. The third-order valence-corrected chi connectivity index (χ3v) is 4.06. The minimum atomic E-state index is 0.700. The van der Waals surface area contributed by atoms with Gasteiger partial charge in [-0.3, -0.25) is 0 Å². The van der Waals surface area contributed by atoms with Gasteiger partial charge in [-0.2, -0.15) is 0 Å². The maximum absolute atomic E-state index is 5.85. The molecule has 2 nitrogen and oxygen atoms in total. The van der Waals surface area contributed by atoms with E-state index in [0.717, 1.165) is 24.8 Å². The van der Waals surface area contributed by atoms with Crippen LogP contribution in [0.5, 0.6) is 5.75 Å². The fourth-order valence-electron chi connectivity index (χ4n) is 3.00. The second kappa shape index (κ2) is 6.95. The highest BCUT2D eigenvalue weighted by Gasteiger charge is 2.17. The molecular formula is C17H27NO. The van der Waals surface area contributed by atoms with Gasteiger partial charge in [-0.15, -0.1) is 0 Å².